The molecule has 4 fully saturated rings. The maximum Gasteiger partial charge on any atom is 0.235 e. The molecule has 4 saturated carbocycles. The van der Waals surface area contributed by atoms with E-state index in [0.29, 0.717) is 11.3 Å². The normalized spacial score (nSPS) is 32.2. The maximum absolute atomic E-state index is 5.07. The minimum Gasteiger partial charge on any atom is -0.282 e. The highest BCUT2D eigenvalue weighted by atomic mass is 32.1. The summed E-state index contributed by atoms with van der Waals surface area (Å²) in [5.74, 6) is 4.14. The van der Waals surface area contributed by atoms with Gasteiger partial charge in [-0.05, 0) is 74.7 Å². The van der Waals surface area contributed by atoms with E-state index >= 15 is 0 Å². The largest absolute Gasteiger partial charge is 0.282 e. The van der Waals surface area contributed by atoms with Crippen molar-refractivity contribution >= 4 is 16.3 Å². The standard InChI is InChI=1S/C20H26N6S/c1-11(2)3-15-7-16(22-21-15)17-23-24-19-26(17)25-18(27-19)20-8-12-4-13(9-20)6-14(5-12)10-20/h7,11-14H,3-6,8-10H2,1-2H3,(H,21,22). The number of nitrogens with zero attached hydrogens (tertiary/aromatic N) is 5. The fraction of sp³-hybridized carbons (Fsp3) is 0.700. The molecule has 7 rings (SSSR count). The number of H-pyrrole nitrogens is 1. The summed E-state index contributed by atoms with van der Waals surface area (Å²) in [6, 6.07) is 2.10. The van der Waals surface area contributed by atoms with Gasteiger partial charge in [0, 0.05) is 11.1 Å². The Morgan fingerprint density at radius 1 is 1.15 bits per heavy atom. The molecule has 0 spiro atoms. The first-order chi connectivity index (χ1) is 13.1. The van der Waals surface area contributed by atoms with Crippen LogP contribution < -0.4 is 0 Å². The predicted octanol–water partition coefficient (Wildman–Crippen LogP) is 4.24. The Hall–Kier alpha value is -1.76. The van der Waals surface area contributed by atoms with Gasteiger partial charge in [-0.15, -0.1) is 10.2 Å². The fourth-order valence-electron chi connectivity index (χ4n) is 6.38. The van der Waals surface area contributed by atoms with Crippen molar-refractivity contribution < 1.29 is 0 Å². The summed E-state index contributed by atoms with van der Waals surface area (Å²) in [5, 5.41) is 22.8. The Bertz CT molecular complexity index is 960. The van der Waals surface area contributed by atoms with E-state index in [4.69, 9.17) is 5.10 Å². The van der Waals surface area contributed by atoms with Crippen molar-refractivity contribution in [2.45, 2.75) is 64.2 Å². The van der Waals surface area contributed by atoms with E-state index in [1.807, 2.05) is 4.52 Å². The average Bonchev–Trinajstić information content (AvgIpc) is 3.28. The van der Waals surface area contributed by atoms with Crippen molar-refractivity contribution in [1.82, 2.24) is 30.0 Å². The van der Waals surface area contributed by atoms with Crippen molar-refractivity contribution in [3.05, 3.63) is 16.8 Å². The van der Waals surface area contributed by atoms with Crippen LogP contribution in [0.1, 0.15) is 63.1 Å². The first-order valence-corrected chi connectivity index (χ1v) is 11.2. The Morgan fingerprint density at radius 3 is 2.52 bits per heavy atom. The van der Waals surface area contributed by atoms with Gasteiger partial charge in [0.2, 0.25) is 10.8 Å². The number of nitrogens with one attached hydrogen (secondary N) is 1. The molecule has 142 valence electrons. The smallest absolute Gasteiger partial charge is 0.235 e. The van der Waals surface area contributed by atoms with Gasteiger partial charge in [-0.1, -0.05) is 25.2 Å². The van der Waals surface area contributed by atoms with E-state index in [1.165, 1.54) is 43.5 Å². The molecule has 0 aromatic carbocycles. The van der Waals surface area contributed by atoms with E-state index < -0.39 is 0 Å². The number of hydrogen-bond acceptors (Lipinski definition) is 5. The molecular formula is C20H26N6S. The molecule has 3 aromatic heterocycles. The molecule has 4 bridgehead atoms. The number of aromatic nitrogens is 6. The number of rotatable bonds is 4. The number of fused-ring (bicyclic) bond motifs is 1. The van der Waals surface area contributed by atoms with Crippen LogP contribution in [0.5, 0.6) is 0 Å². The fourth-order valence-corrected chi connectivity index (χ4v) is 7.44. The molecule has 0 atom stereocenters. The molecule has 4 aliphatic rings. The van der Waals surface area contributed by atoms with Gasteiger partial charge in [-0.25, -0.2) is 0 Å². The first-order valence-electron chi connectivity index (χ1n) is 10.4. The lowest BCUT2D eigenvalue weighted by molar-refractivity contribution is -0.00565. The molecular weight excluding hydrogens is 356 g/mol. The Morgan fingerprint density at radius 2 is 1.85 bits per heavy atom. The monoisotopic (exact) mass is 382 g/mol. The summed E-state index contributed by atoms with van der Waals surface area (Å²) in [6.07, 6.45) is 9.37. The molecule has 4 aliphatic carbocycles. The average molecular weight is 383 g/mol. The molecule has 6 nitrogen and oxygen atoms in total. The van der Waals surface area contributed by atoms with Crippen molar-refractivity contribution in [1.29, 1.82) is 0 Å². The summed E-state index contributed by atoms with van der Waals surface area (Å²) in [7, 11) is 0. The predicted molar refractivity (Wildman–Crippen MR) is 105 cm³/mol. The lowest BCUT2D eigenvalue weighted by Gasteiger charge is -2.55. The van der Waals surface area contributed by atoms with Gasteiger partial charge < -0.3 is 0 Å². The minimum atomic E-state index is 0.311. The van der Waals surface area contributed by atoms with E-state index in [2.05, 4.69) is 40.3 Å². The summed E-state index contributed by atoms with van der Waals surface area (Å²) in [4.78, 5) is 0.907. The van der Waals surface area contributed by atoms with Gasteiger partial charge in [0.05, 0.1) is 0 Å². The zero-order valence-corrected chi connectivity index (χ0v) is 16.8. The molecule has 3 aromatic rings. The second kappa shape index (κ2) is 5.63. The van der Waals surface area contributed by atoms with Crippen molar-refractivity contribution in [2.24, 2.45) is 23.7 Å². The highest BCUT2D eigenvalue weighted by Gasteiger charge is 2.53. The van der Waals surface area contributed by atoms with Crippen LogP contribution in [0.15, 0.2) is 6.07 Å². The third-order valence-corrected chi connectivity index (χ3v) is 8.12. The van der Waals surface area contributed by atoms with Crippen LogP contribution in [0.3, 0.4) is 0 Å². The molecule has 1 N–H and O–H groups in total. The summed E-state index contributed by atoms with van der Waals surface area (Å²) in [5.41, 5.74) is 2.31. The number of aromatic amines is 1. The van der Waals surface area contributed by atoms with E-state index in [-0.39, 0.29) is 0 Å². The van der Waals surface area contributed by atoms with Crippen LogP contribution in [-0.4, -0.2) is 30.0 Å². The summed E-state index contributed by atoms with van der Waals surface area (Å²) in [6.45, 7) is 4.43. The van der Waals surface area contributed by atoms with Gasteiger partial charge in [-0.2, -0.15) is 14.7 Å². The minimum absolute atomic E-state index is 0.311. The van der Waals surface area contributed by atoms with Crippen LogP contribution in [0.4, 0.5) is 0 Å². The molecule has 0 saturated heterocycles. The van der Waals surface area contributed by atoms with Crippen molar-refractivity contribution in [3.8, 4) is 11.5 Å². The second-order valence-corrected chi connectivity index (χ2v) is 10.7. The lowest BCUT2D eigenvalue weighted by atomic mass is 9.50. The quantitative estimate of drug-likeness (QED) is 0.732. The lowest BCUT2D eigenvalue weighted by Crippen LogP contribution is -2.48. The third kappa shape index (κ3) is 2.50. The van der Waals surface area contributed by atoms with Gasteiger partial charge in [0.15, 0.2) is 0 Å². The molecule has 0 unspecified atom stereocenters. The first kappa shape index (κ1) is 16.2. The second-order valence-electron chi connectivity index (χ2n) is 9.70. The molecule has 27 heavy (non-hydrogen) atoms. The van der Waals surface area contributed by atoms with Crippen molar-refractivity contribution in [2.75, 3.05) is 0 Å². The third-order valence-electron chi connectivity index (χ3n) is 6.97. The van der Waals surface area contributed by atoms with Gasteiger partial charge in [-0.3, -0.25) is 5.10 Å². The Kier molecular flexibility index (Phi) is 3.38. The molecule has 3 heterocycles. The van der Waals surface area contributed by atoms with Crippen LogP contribution in [0.25, 0.3) is 16.5 Å². The van der Waals surface area contributed by atoms with E-state index in [0.717, 1.165) is 46.3 Å². The zero-order chi connectivity index (χ0) is 18.2. The van der Waals surface area contributed by atoms with Crippen LogP contribution in [-0.2, 0) is 11.8 Å². The highest BCUT2D eigenvalue weighted by molar-refractivity contribution is 7.16. The SMILES string of the molecule is CC(C)Cc1cc(-c2nnc3sc(C45CC6CC(CC(C6)C4)C5)nn23)n[nH]1. The zero-order valence-electron chi connectivity index (χ0n) is 16.0. The van der Waals surface area contributed by atoms with Crippen LogP contribution in [0.2, 0.25) is 0 Å². The van der Waals surface area contributed by atoms with Crippen molar-refractivity contribution in [3.63, 3.8) is 0 Å². The molecule has 7 heteroatoms. The number of hydrogen-bond donors (Lipinski definition) is 1. The maximum atomic E-state index is 5.07. The topological polar surface area (TPSA) is 71.8 Å². The Balaban J connectivity index is 1.37. The summed E-state index contributed by atoms with van der Waals surface area (Å²) >= 11 is 1.76. The summed E-state index contributed by atoms with van der Waals surface area (Å²) < 4.78 is 1.94. The van der Waals surface area contributed by atoms with Crippen LogP contribution >= 0.6 is 11.3 Å². The molecule has 0 radical (unpaired) electrons. The Labute approximate surface area is 162 Å². The van der Waals surface area contributed by atoms with Gasteiger partial charge in [0.25, 0.3) is 0 Å². The van der Waals surface area contributed by atoms with Gasteiger partial charge in [0.1, 0.15) is 10.7 Å². The molecule has 0 aliphatic heterocycles. The highest BCUT2D eigenvalue weighted by Crippen LogP contribution is 2.61. The van der Waals surface area contributed by atoms with Gasteiger partial charge >= 0.3 is 0 Å². The molecule has 0 amide bonds. The van der Waals surface area contributed by atoms with Crippen LogP contribution in [0, 0.1) is 23.7 Å². The van der Waals surface area contributed by atoms with E-state index in [9.17, 15) is 0 Å². The van der Waals surface area contributed by atoms with E-state index in [1.54, 1.807) is 11.3 Å².